The normalized spacial score (nSPS) is 10.4. The Kier molecular flexibility index (Phi) is 4.06. The topological polar surface area (TPSA) is 125 Å². The number of carbonyl (C=O) groups excluding carboxylic acids is 2. The molecule has 2 aromatic rings. The van der Waals surface area contributed by atoms with Crippen LogP contribution >= 0.6 is 11.3 Å². The van der Waals surface area contributed by atoms with Crippen molar-refractivity contribution >= 4 is 38.4 Å². The third-order valence-corrected chi connectivity index (χ3v) is 3.61. The van der Waals surface area contributed by atoms with Crippen molar-refractivity contribution in [2.45, 2.75) is 0 Å². The summed E-state index contributed by atoms with van der Waals surface area (Å²) in [7, 11) is 0. The first-order chi connectivity index (χ1) is 9.52. The lowest BCUT2D eigenvalue weighted by molar-refractivity contribution is 0.100. The number of hydrogen-bond acceptors (Lipinski definition) is 5. The standard InChI is InChI=1S/C12H13N3O4S/c13-10(18)9-7-2-1-6(17)5-8(7)20-11(9)15-12(19)14-3-4-16/h1-2,5,16-17H,3-4H2,(H2,13,18)(H2,14,15,19). The molecule has 0 aliphatic rings. The van der Waals surface area contributed by atoms with Gasteiger partial charge in [-0.2, -0.15) is 0 Å². The zero-order valence-electron chi connectivity index (χ0n) is 10.3. The zero-order chi connectivity index (χ0) is 14.7. The van der Waals surface area contributed by atoms with E-state index < -0.39 is 11.9 Å². The van der Waals surface area contributed by atoms with E-state index in [1.54, 1.807) is 6.07 Å². The average molecular weight is 295 g/mol. The summed E-state index contributed by atoms with van der Waals surface area (Å²) in [6.45, 7) is -0.0835. The van der Waals surface area contributed by atoms with E-state index in [0.29, 0.717) is 15.1 Å². The zero-order valence-corrected chi connectivity index (χ0v) is 11.2. The molecule has 0 unspecified atom stereocenters. The first-order valence-electron chi connectivity index (χ1n) is 5.74. The molecule has 0 saturated carbocycles. The number of rotatable bonds is 4. The number of carbonyl (C=O) groups is 2. The number of phenols is 1. The molecule has 8 heteroatoms. The molecule has 1 aromatic carbocycles. The first kappa shape index (κ1) is 14.1. The molecule has 6 N–H and O–H groups in total. The van der Waals surface area contributed by atoms with E-state index in [2.05, 4.69) is 10.6 Å². The predicted octanol–water partition coefficient (Wildman–Crippen LogP) is 0.820. The van der Waals surface area contributed by atoms with Gasteiger partial charge < -0.3 is 21.3 Å². The lowest BCUT2D eigenvalue weighted by atomic mass is 10.1. The number of benzene rings is 1. The van der Waals surface area contributed by atoms with Gasteiger partial charge in [-0.3, -0.25) is 10.1 Å². The molecule has 106 valence electrons. The fourth-order valence-electron chi connectivity index (χ4n) is 1.73. The van der Waals surface area contributed by atoms with Crippen molar-refractivity contribution in [3.63, 3.8) is 0 Å². The average Bonchev–Trinajstić information content (AvgIpc) is 2.73. The number of urea groups is 1. The van der Waals surface area contributed by atoms with Crippen molar-refractivity contribution in [3.8, 4) is 5.75 Å². The molecule has 0 spiro atoms. The minimum absolute atomic E-state index is 0.0612. The first-order valence-corrected chi connectivity index (χ1v) is 6.55. The van der Waals surface area contributed by atoms with E-state index in [1.165, 1.54) is 12.1 Å². The van der Waals surface area contributed by atoms with E-state index in [0.717, 1.165) is 11.3 Å². The molecule has 0 bridgehead atoms. The molecule has 7 nitrogen and oxygen atoms in total. The van der Waals surface area contributed by atoms with Gasteiger partial charge in [-0.15, -0.1) is 11.3 Å². The molecule has 0 radical (unpaired) electrons. The van der Waals surface area contributed by atoms with Crippen molar-refractivity contribution in [1.82, 2.24) is 5.32 Å². The number of amides is 3. The number of hydrogen-bond donors (Lipinski definition) is 5. The van der Waals surface area contributed by atoms with Gasteiger partial charge in [-0.05, 0) is 18.2 Å². The molecule has 0 aliphatic heterocycles. The van der Waals surface area contributed by atoms with Gasteiger partial charge in [0, 0.05) is 16.6 Å². The Bertz CT molecular complexity index is 668. The highest BCUT2D eigenvalue weighted by Gasteiger charge is 2.18. The van der Waals surface area contributed by atoms with Crippen LogP contribution < -0.4 is 16.4 Å². The van der Waals surface area contributed by atoms with Gasteiger partial charge in [0.05, 0.1) is 12.2 Å². The van der Waals surface area contributed by atoms with Gasteiger partial charge in [-0.1, -0.05) is 0 Å². The Morgan fingerprint density at radius 1 is 1.35 bits per heavy atom. The maximum absolute atomic E-state index is 11.6. The predicted molar refractivity (Wildman–Crippen MR) is 76.1 cm³/mol. The molecular weight excluding hydrogens is 282 g/mol. The van der Waals surface area contributed by atoms with Gasteiger partial charge in [-0.25, -0.2) is 4.79 Å². The molecule has 3 amide bonds. The van der Waals surface area contributed by atoms with E-state index in [1.807, 2.05) is 0 Å². The SMILES string of the molecule is NC(=O)c1c(NC(=O)NCCO)sc2cc(O)ccc12. The lowest BCUT2D eigenvalue weighted by Gasteiger charge is -2.05. The monoisotopic (exact) mass is 295 g/mol. The quantitative estimate of drug-likeness (QED) is 0.572. The van der Waals surface area contributed by atoms with Crippen LogP contribution in [0.4, 0.5) is 9.80 Å². The summed E-state index contributed by atoms with van der Waals surface area (Å²) in [5.41, 5.74) is 5.53. The summed E-state index contributed by atoms with van der Waals surface area (Å²) in [4.78, 5) is 23.1. The van der Waals surface area contributed by atoms with E-state index in [-0.39, 0.29) is 24.5 Å². The highest BCUT2D eigenvalue weighted by Crippen LogP contribution is 2.37. The van der Waals surface area contributed by atoms with Gasteiger partial charge in [0.1, 0.15) is 10.8 Å². The van der Waals surface area contributed by atoms with E-state index in [4.69, 9.17) is 10.8 Å². The van der Waals surface area contributed by atoms with Crippen LogP contribution in [0.3, 0.4) is 0 Å². The Balaban J connectivity index is 2.39. The summed E-state index contributed by atoms with van der Waals surface area (Å²) >= 11 is 1.13. The second kappa shape index (κ2) is 5.76. The van der Waals surface area contributed by atoms with Gasteiger partial charge in [0.15, 0.2) is 0 Å². The number of aliphatic hydroxyl groups is 1. The van der Waals surface area contributed by atoms with Crippen LogP contribution in [0.25, 0.3) is 10.1 Å². The second-order valence-corrected chi connectivity index (χ2v) is 5.01. The van der Waals surface area contributed by atoms with Crippen molar-refractivity contribution in [2.24, 2.45) is 5.73 Å². The largest absolute Gasteiger partial charge is 0.508 e. The van der Waals surface area contributed by atoms with Crippen LogP contribution in [0, 0.1) is 0 Å². The van der Waals surface area contributed by atoms with Crippen LogP contribution in [0.2, 0.25) is 0 Å². The van der Waals surface area contributed by atoms with Crippen LogP contribution in [0.5, 0.6) is 5.75 Å². The Hall–Kier alpha value is -2.32. The third-order valence-electron chi connectivity index (χ3n) is 2.54. The summed E-state index contributed by atoms with van der Waals surface area (Å²) in [5.74, 6) is -0.606. The minimum Gasteiger partial charge on any atom is -0.508 e. The fourth-order valence-corrected chi connectivity index (χ4v) is 2.87. The van der Waals surface area contributed by atoms with Crippen molar-refractivity contribution in [3.05, 3.63) is 23.8 Å². The van der Waals surface area contributed by atoms with Crippen molar-refractivity contribution in [1.29, 1.82) is 0 Å². The third kappa shape index (κ3) is 2.81. The molecule has 2 rings (SSSR count). The molecular formula is C12H13N3O4S. The van der Waals surface area contributed by atoms with Gasteiger partial charge in [0.25, 0.3) is 5.91 Å². The van der Waals surface area contributed by atoms with Crippen LogP contribution in [-0.4, -0.2) is 35.3 Å². The number of phenolic OH excluding ortho intramolecular Hbond substituents is 1. The van der Waals surface area contributed by atoms with Crippen LogP contribution in [0.15, 0.2) is 18.2 Å². The Labute approximate surface area is 118 Å². The Morgan fingerprint density at radius 2 is 2.10 bits per heavy atom. The lowest BCUT2D eigenvalue weighted by Crippen LogP contribution is -2.31. The maximum atomic E-state index is 11.6. The molecule has 1 heterocycles. The number of anilines is 1. The molecule has 0 saturated heterocycles. The molecule has 20 heavy (non-hydrogen) atoms. The maximum Gasteiger partial charge on any atom is 0.319 e. The number of thiophene rings is 1. The number of nitrogens with one attached hydrogen (secondary N) is 2. The molecule has 0 aliphatic carbocycles. The van der Waals surface area contributed by atoms with E-state index in [9.17, 15) is 14.7 Å². The minimum atomic E-state index is -0.667. The molecule has 0 fully saturated rings. The highest BCUT2D eigenvalue weighted by atomic mass is 32.1. The molecule has 1 aromatic heterocycles. The number of nitrogens with two attached hydrogens (primary N) is 1. The smallest absolute Gasteiger partial charge is 0.319 e. The summed E-state index contributed by atoms with van der Waals surface area (Å²) < 4.78 is 0.635. The Morgan fingerprint density at radius 3 is 2.75 bits per heavy atom. The van der Waals surface area contributed by atoms with Gasteiger partial charge >= 0.3 is 6.03 Å². The van der Waals surface area contributed by atoms with Gasteiger partial charge in [0.2, 0.25) is 0 Å². The number of aliphatic hydroxyl groups excluding tert-OH is 1. The van der Waals surface area contributed by atoms with Crippen molar-refractivity contribution in [2.75, 3.05) is 18.5 Å². The number of primary amides is 1. The van der Waals surface area contributed by atoms with Crippen LogP contribution in [-0.2, 0) is 0 Å². The van der Waals surface area contributed by atoms with E-state index >= 15 is 0 Å². The van der Waals surface area contributed by atoms with Crippen molar-refractivity contribution < 1.29 is 19.8 Å². The van der Waals surface area contributed by atoms with Crippen LogP contribution in [0.1, 0.15) is 10.4 Å². The number of aromatic hydroxyl groups is 1. The summed E-state index contributed by atoms with van der Waals surface area (Å²) in [5, 5.41) is 23.8. The second-order valence-electron chi connectivity index (χ2n) is 3.96. The number of fused-ring (bicyclic) bond motifs is 1. The fraction of sp³-hybridized carbons (Fsp3) is 0.167. The summed E-state index contributed by atoms with van der Waals surface area (Å²) in [6, 6.07) is 3.95. The molecule has 0 atom stereocenters. The highest BCUT2D eigenvalue weighted by molar-refractivity contribution is 7.23. The summed E-state index contributed by atoms with van der Waals surface area (Å²) in [6.07, 6.45) is 0.